The van der Waals surface area contributed by atoms with Crippen LogP contribution in [0.3, 0.4) is 0 Å². The van der Waals surface area contributed by atoms with Gasteiger partial charge < -0.3 is 10.5 Å². The fourth-order valence-electron chi connectivity index (χ4n) is 1.39. The van der Waals surface area contributed by atoms with Crippen LogP contribution in [0.2, 0.25) is 5.02 Å². The van der Waals surface area contributed by atoms with Gasteiger partial charge in [-0.3, -0.25) is 0 Å². The number of halogens is 2. The maximum Gasteiger partial charge on any atom is 0.125 e. The molecule has 1 aliphatic rings. The van der Waals surface area contributed by atoms with Gasteiger partial charge in [-0.05, 0) is 12.1 Å². The number of rotatable bonds is 0. The zero-order valence-corrected chi connectivity index (χ0v) is 8.57. The molecule has 0 radical (unpaired) electrons. The third-order valence-electron chi connectivity index (χ3n) is 2.06. The van der Waals surface area contributed by atoms with E-state index in [2.05, 4.69) is 0 Å². The molecule has 2 N–H and O–H groups in total. The third kappa shape index (κ3) is 2.08. The van der Waals surface area contributed by atoms with Crippen molar-refractivity contribution in [1.82, 2.24) is 0 Å². The first-order valence-corrected chi connectivity index (χ1v) is 4.33. The van der Waals surface area contributed by atoms with E-state index in [1.807, 2.05) is 18.2 Å². The van der Waals surface area contributed by atoms with Crippen LogP contribution in [0.25, 0.3) is 0 Å². The molecule has 13 heavy (non-hydrogen) atoms. The number of hydrogen-bond donors (Lipinski definition) is 1. The zero-order chi connectivity index (χ0) is 8.55. The van der Waals surface area contributed by atoms with E-state index in [1.54, 1.807) is 0 Å². The van der Waals surface area contributed by atoms with E-state index in [0.717, 1.165) is 17.7 Å². The summed E-state index contributed by atoms with van der Waals surface area (Å²) in [6, 6.07) is 5.69. The molecule has 0 fully saturated rings. The summed E-state index contributed by atoms with van der Waals surface area (Å²) >= 11 is 5.80. The van der Waals surface area contributed by atoms with Crippen LogP contribution in [0.1, 0.15) is 18.0 Å². The van der Waals surface area contributed by atoms with Crippen molar-refractivity contribution < 1.29 is 4.74 Å². The molecule has 0 aliphatic carbocycles. The Labute approximate surface area is 88.4 Å². The minimum atomic E-state index is 0. The molecule has 0 bridgehead atoms. The van der Waals surface area contributed by atoms with Gasteiger partial charge in [0.2, 0.25) is 0 Å². The Morgan fingerprint density at radius 3 is 3.00 bits per heavy atom. The van der Waals surface area contributed by atoms with Crippen molar-refractivity contribution in [2.75, 3.05) is 6.61 Å². The molecule has 4 heteroatoms. The normalized spacial score (nSPS) is 19.7. The third-order valence-corrected chi connectivity index (χ3v) is 2.30. The van der Waals surface area contributed by atoms with Crippen LogP contribution in [0.5, 0.6) is 5.75 Å². The monoisotopic (exact) mass is 219 g/mol. The number of fused-ring (bicyclic) bond motifs is 1. The standard InChI is InChI=1S/C9H10ClNO.ClH/c10-6-1-2-7-8(11)3-4-12-9(7)5-6;/h1-2,5,8H,3-4,11H2;1H/t8-;/m0./s1. The summed E-state index contributed by atoms with van der Waals surface area (Å²) in [6.45, 7) is 0.689. The van der Waals surface area contributed by atoms with Gasteiger partial charge in [-0.1, -0.05) is 17.7 Å². The lowest BCUT2D eigenvalue weighted by atomic mass is 10.0. The second-order valence-electron chi connectivity index (χ2n) is 2.93. The van der Waals surface area contributed by atoms with Gasteiger partial charge in [0.25, 0.3) is 0 Å². The molecule has 1 aliphatic heterocycles. The molecule has 0 saturated carbocycles. The number of ether oxygens (including phenoxy) is 1. The first-order chi connectivity index (χ1) is 5.77. The first kappa shape index (κ1) is 10.6. The zero-order valence-electron chi connectivity index (χ0n) is 7.00. The van der Waals surface area contributed by atoms with Crippen molar-refractivity contribution in [2.24, 2.45) is 5.73 Å². The van der Waals surface area contributed by atoms with Crippen LogP contribution in [-0.4, -0.2) is 6.61 Å². The Morgan fingerprint density at radius 1 is 1.46 bits per heavy atom. The fourth-order valence-corrected chi connectivity index (χ4v) is 1.55. The van der Waals surface area contributed by atoms with Crippen LogP contribution in [0.4, 0.5) is 0 Å². The molecule has 0 saturated heterocycles. The molecule has 2 rings (SSSR count). The summed E-state index contributed by atoms with van der Waals surface area (Å²) in [6.07, 6.45) is 0.884. The van der Waals surface area contributed by atoms with E-state index < -0.39 is 0 Å². The van der Waals surface area contributed by atoms with Crippen molar-refractivity contribution >= 4 is 24.0 Å². The Hall–Kier alpha value is -0.440. The van der Waals surface area contributed by atoms with Crippen molar-refractivity contribution in [2.45, 2.75) is 12.5 Å². The lowest BCUT2D eigenvalue weighted by Gasteiger charge is -2.22. The highest BCUT2D eigenvalue weighted by Gasteiger charge is 2.17. The van der Waals surface area contributed by atoms with Crippen molar-refractivity contribution in [3.05, 3.63) is 28.8 Å². The molecular formula is C9H11Cl2NO. The molecule has 72 valence electrons. The van der Waals surface area contributed by atoms with Gasteiger partial charge in [-0.25, -0.2) is 0 Å². The molecule has 0 spiro atoms. The highest BCUT2D eigenvalue weighted by molar-refractivity contribution is 6.30. The molecule has 1 aromatic rings. The van der Waals surface area contributed by atoms with E-state index in [9.17, 15) is 0 Å². The summed E-state index contributed by atoms with van der Waals surface area (Å²) < 4.78 is 5.41. The molecule has 0 aromatic heterocycles. The highest BCUT2D eigenvalue weighted by Crippen LogP contribution is 2.32. The average molecular weight is 220 g/mol. The van der Waals surface area contributed by atoms with Gasteiger partial charge in [-0.15, -0.1) is 12.4 Å². The number of hydrogen-bond acceptors (Lipinski definition) is 2. The lowest BCUT2D eigenvalue weighted by Crippen LogP contribution is -2.20. The Morgan fingerprint density at radius 2 is 2.23 bits per heavy atom. The SMILES string of the molecule is Cl.N[C@H]1CCOc2cc(Cl)ccc21. The maximum atomic E-state index is 5.87. The van der Waals surface area contributed by atoms with Crippen LogP contribution in [0, 0.1) is 0 Å². The van der Waals surface area contributed by atoms with Gasteiger partial charge in [0.1, 0.15) is 5.75 Å². The molecule has 0 unspecified atom stereocenters. The quantitative estimate of drug-likeness (QED) is 0.729. The molecule has 2 nitrogen and oxygen atoms in total. The van der Waals surface area contributed by atoms with E-state index in [0.29, 0.717) is 11.6 Å². The van der Waals surface area contributed by atoms with Crippen molar-refractivity contribution in [1.29, 1.82) is 0 Å². The topological polar surface area (TPSA) is 35.2 Å². The van der Waals surface area contributed by atoms with E-state index in [-0.39, 0.29) is 18.4 Å². The van der Waals surface area contributed by atoms with E-state index in [1.165, 1.54) is 0 Å². The fraction of sp³-hybridized carbons (Fsp3) is 0.333. The summed E-state index contributed by atoms with van der Waals surface area (Å²) in [5.41, 5.74) is 6.93. The molecule has 1 aromatic carbocycles. The van der Waals surface area contributed by atoms with E-state index in [4.69, 9.17) is 22.1 Å². The summed E-state index contributed by atoms with van der Waals surface area (Å²) in [7, 11) is 0. The van der Waals surface area contributed by atoms with E-state index >= 15 is 0 Å². The molecular weight excluding hydrogens is 209 g/mol. The van der Waals surface area contributed by atoms with Crippen LogP contribution < -0.4 is 10.5 Å². The smallest absolute Gasteiger partial charge is 0.125 e. The Balaban J connectivity index is 0.000000845. The number of nitrogens with two attached hydrogens (primary N) is 1. The largest absolute Gasteiger partial charge is 0.493 e. The van der Waals surface area contributed by atoms with Gasteiger partial charge in [0.15, 0.2) is 0 Å². The summed E-state index contributed by atoms with van der Waals surface area (Å²) in [5, 5.41) is 0.697. The molecule has 1 heterocycles. The van der Waals surface area contributed by atoms with Crippen LogP contribution >= 0.6 is 24.0 Å². The second-order valence-corrected chi connectivity index (χ2v) is 3.36. The molecule has 0 amide bonds. The van der Waals surface area contributed by atoms with Gasteiger partial charge in [-0.2, -0.15) is 0 Å². The Bertz CT molecular complexity index is 304. The highest BCUT2D eigenvalue weighted by atomic mass is 35.5. The van der Waals surface area contributed by atoms with Crippen molar-refractivity contribution in [3.63, 3.8) is 0 Å². The van der Waals surface area contributed by atoms with Crippen molar-refractivity contribution in [3.8, 4) is 5.75 Å². The van der Waals surface area contributed by atoms with Crippen LogP contribution in [-0.2, 0) is 0 Å². The van der Waals surface area contributed by atoms with Gasteiger partial charge >= 0.3 is 0 Å². The average Bonchev–Trinajstić information content (AvgIpc) is 2.04. The predicted octanol–water partition coefficient (Wildman–Crippen LogP) is 2.54. The molecule has 1 atom stereocenters. The predicted molar refractivity (Wildman–Crippen MR) is 55.7 cm³/mol. The number of benzene rings is 1. The van der Waals surface area contributed by atoms with Gasteiger partial charge in [0, 0.05) is 23.0 Å². The first-order valence-electron chi connectivity index (χ1n) is 3.95. The minimum absolute atomic E-state index is 0. The minimum Gasteiger partial charge on any atom is -0.493 e. The van der Waals surface area contributed by atoms with Crippen LogP contribution in [0.15, 0.2) is 18.2 Å². The summed E-state index contributed by atoms with van der Waals surface area (Å²) in [4.78, 5) is 0. The maximum absolute atomic E-state index is 5.87. The van der Waals surface area contributed by atoms with Gasteiger partial charge in [0.05, 0.1) is 6.61 Å². The Kier molecular flexibility index (Phi) is 3.42. The summed E-state index contributed by atoms with van der Waals surface area (Å²) in [5.74, 6) is 0.834. The second kappa shape index (κ2) is 4.18. The lowest BCUT2D eigenvalue weighted by molar-refractivity contribution is 0.269.